The maximum absolute atomic E-state index is 12.4. The van der Waals surface area contributed by atoms with Crippen LogP contribution in [0.5, 0.6) is 0 Å². The molecular formula is C19H16N6O. The molecule has 1 amide bonds. The summed E-state index contributed by atoms with van der Waals surface area (Å²) in [6.07, 6.45) is 3.35. The van der Waals surface area contributed by atoms with Crippen LogP contribution in [0.1, 0.15) is 27.3 Å². The first-order valence-corrected chi connectivity index (χ1v) is 7.94. The Kier molecular flexibility index (Phi) is 5.15. The number of carbonyl (C=O) groups excluding carboxylic acids is 1. The first kappa shape index (κ1) is 17.0. The summed E-state index contributed by atoms with van der Waals surface area (Å²) in [5, 5.41) is 14.8. The highest BCUT2D eigenvalue weighted by atomic mass is 16.1. The van der Waals surface area contributed by atoms with E-state index in [1.807, 2.05) is 12.1 Å². The van der Waals surface area contributed by atoms with Gasteiger partial charge in [-0.2, -0.15) is 5.26 Å². The first-order valence-electron chi connectivity index (χ1n) is 7.94. The zero-order valence-corrected chi connectivity index (χ0v) is 14.1. The SMILES string of the molecule is Cc1cc(C(=O)NCc2ccncc2)nc(Nc2cccc(C#N)c2)n1. The molecule has 0 radical (unpaired) electrons. The van der Waals surface area contributed by atoms with Gasteiger partial charge in [0.25, 0.3) is 5.91 Å². The molecule has 2 aromatic heterocycles. The van der Waals surface area contributed by atoms with Crippen molar-refractivity contribution in [2.75, 3.05) is 5.32 Å². The average Bonchev–Trinajstić information content (AvgIpc) is 2.66. The molecule has 0 aliphatic heterocycles. The van der Waals surface area contributed by atoms with Crippen LogP contribution in [-0.2, 0) is 6.54 Å². The molecular weight excluding hydrogens is 328 g/mol. The highest BCUT2D eigenvalue weighted by Gasteiger charge is 2.11. The molecule has 0 aliphatic carbocycles. The van der Waals surface area contributed by atoms with Gasteiger partial charge in [-0.1, -0.05) is 6.07 Å². The molecule has 0 atom stereocenters. The lowest BCUT2D eigenvalue weighted by molar-refractivity contribution is 0.0945. The van der Waals surface area contributed by atoms with Gasteiger partial charge in [0.05, 0.1) is 11.6 Å². The predicted octanol–water partition coefficient (Wildman–Crippen LogP) is 2.73. The molecule has 7 nitrogen and oxygen atoms in total. The van der Waals surface area contributed by atoms with Crippen LogP contribution in [0.25, 0.3) is 0 Å². The zero-order valence-electron chi connectivity index (χ0n) is 14.1. The number of hydrogen-bond donors (Lipinski definition) is 2. The van der Waals surface area contributed by atoms with E-state index in [1.165, 1.54) is 0 Å². The summed E-state index contributed by atoms with van der Waals surface area (Å²) in [7, 11) is 0. The third kappa shape index (κ3) is 4.39. The van der Waals surface area contributed by atoms with Crippen LogP contribution in [0.3, 0.4) is 0 Å². The lowest BCUT2D eigenvalue weighted by Crippen LogP contribution is -2.24. The molecule has 2 heterocycles. The molecule has 0 spiro atoms. The fraction of sp³-hybridized carbons (Fsp3) is 0.105. The highest BCUT2D eigenvalue weighted by Crippen LogP contribution is 2.15. The number of nitriles is 1. The Hall–Kier alpha value is -3.79. The smallest absolute Gasteiger partial charge is 0.270 e. The van der Waals surface area contributed by atoms with Crippen LogP contribution in [-0.4, -0.2) is 20.9 Å². The molecule has 3 rings (SSSR count). The van der Waals surface area contributed by atoms with Crippen molar-refractivity contribution in [1.29, 1.82) is 5.26 Å². The van der Waals surface area contributed by atoms with Crippen molar-refractivity contribution in [3.63, 3.8) is 0 Å². The maximum Gasteiger partial charge on any atom is 0.270 e. The van der Waals surface area contributed by atoms with E-state index in [4.69, 9.17) is 5.26 Å². The fourth-order valence-electron chi connectivity index (χ4n) is 2.31. The number of nitrogens with one attached hydrogen (secondary N) is 2. The fourth-order valence-corrected chi connectivity index (χ4v) is 2.31. The topological polar surface area (TPSA) is 104 Å². The number of amides is 1. The summed E-state index contributed by atoms with van der Waals surface area (Å²) < 4.78 is 0. The Morgan fingerprint density at radius 1 is 1.15 bits per heavy atom. The lowest BCUT2D eigenvalue weighted by Gasteiger charge is -2.09. The van der Waals surface area contributed by atoms with Crippen molar-refractivity contribution >= 4 is 17.5 Å². The van der Waals surface area contributed by atoms with E-state index in [0.717, 1.165) is 5.56 Å². The van der Waals surface area contributed by atoms with E-state index in [0.29, 0.717) is 29.4 Å². The standard InChI is InChI=1S/C19H16N6O/c1-13-9-17(18(26)22-12-14-5-7-21-8-6-14)25-19(23-13)24-16-4-2-3-15(10-16)11-20/h2-10H,12H2,1H3,(H,22,26)(H,23,24,25). The minimum absolute atomic E-state index is 0.269. The number of carbonyl (C=O) groups is 1. The monoisotopic (exact) mass is 344 g/mol. The second kappa shape index (κ2) is 7.85. The van der Waals surface area contributed by atoms with E-state index in [2.05, 4.69) is 31.7 Å². The average molecular weight is 344 g/mol. The third-order valence-corrected chi connectivity index (χ3v) is 3.54. The molecule has 2 N–H and O–H groups in total. The predicted molar refractivity (Wildman–Crippen MR) is 96.6 cm³/mol. The molecule has 26 heavy (non-hydrogen) atoms. The van der Waals surface area contributed by atoms with Gasteiger partial charge in [-0.25, -0.2) is 9.97 Å². The minimum Gasteiger partial charge on any atom is -0.347 e. The quantitative estimate of drug-likeness (QED) is 0.737. The zero-order chi connectivity index (χ0) is 18.4. The first-order chi connectivity index (χ1) is 12.6. The number of hydrogen-bond acceptors (Lipinski definition) is 6. The van der Waals surface area contributed by atoms with Gasteiger partial charge in [0.2, 0.25) is 5.95 Å². The van der Waals surface area contributed by atoms with Gasteiger partial charge >= 0.3 is 0 Å². The number of nitrogens with zero attached hydrogens (tertiary/aromatic N) is 4. The number of aromatic nitrogens is 3. The van der Waals surface area contributed by atoms with Crippen molar-refractivity contribution in [3.8, 4) is 6.07 Å². The van der Waals surface area contributed by atoms with Gasteiger partial charge in [0.1, 0.15) is 5.69 Å². The molecule has 0 saturated carbocycles. The summed E-state index contributed by atoms with van der Waals surface area (Å²) in [5.41, 5.74) is 3.08. The third-order valence-electron chi connectivity index (χ3n) is 3.54. The number of aryl methyl sites for hydroxylation is 1. The van der Waals surface area contributed by atoms with Crippen molar-refractivity contribution < 1.29 is 4.79 Å². The van der Waals surface area contributed by atoms with Gasteiger partial charge in [0.15, 0.2) is 0 Å². The molecule has 3 aromatic rings. The van der Waals surface area contributed by atoms with E-state index < -0.39 is 0 Å². The molecule has 128 valence electrons. The second-order valence-corrected chi connectivity index (χ2v) is 5.57. The van der Waals surface area contributed by atoms with Crippen molar-refractivity contribution in [2.24, 2.45) is 0 Å². The second-order valence-electron chi connectivity index (χ2n) is 5.57. The Bertz CT molecular complexity index is 965. The number of rotatable bonds is 5. The number of benzene rings is 1. The maximum atomic E-state index is 12.4. The largest absolute Gasteiger partial charge is 0.347 e. The molecule has 7 heteroatoms. The van der Waals surface area contributed by atoms with E-state index >= 15 is 0 Å². The Balaban J connectivity index is 1.74. The Labute approximate surface area is 150 Å². The molecule has 0 fully saturated rings. The molecule has 1 aromatic carbocycles. The van der Waals surface area contributed by atoms with E-state index in [-0.39, 0.29) is 11.6 Å². The number of anilines is 2. The van der Waals surface area contributed by atoms with Crippen molar-refractivity contribution in [3.05, 3.63) is 77.4 Å². The van der Waals surface area contributed by atoms with E-state index in [1.54, 1.807) is 49.6 Å². The minimum atomic E-state index is -0.291. The van der Waals surface area contributed by atoms with Crippen molar-refractivity contribution in [2.45, 2.75) is 13.5 Å². The summed E-state index contributed by atoms with van der Waals surface area (Å²) in [5.74, 6) is 0.00953. The van der Waals surface area contributed by atoms with Crippen LogP contribution in [0.4, 0.5) is 11.6 Å². The molecule has 0 saturated heterocycles. The normalized spacial score (nSPS) is 10.0. The van der Waals surface area contributed by atoms with Gasteiger partial charge < -0.3 is 10.6 Å². The van der Waals surface area contributed by atoms with Crippen LogP contribution in [0.15, 0.2) is 54.9 Å². The van der Waals surface area contributed by atoms with E-state index in [9.17, 15) is 4.79 Å². The van der Waals surface area contributed by atoms with Gasteiger partial charge in [-0.15, -0.1) is 0 Å². The van der Waals surface area contributed by atoms with Crippen LogP contribution in [0.2, 0.25) is 0 Å². The molecule has 0 aliphatic rings. The number of pyridine rings is 1. The Morgan fingerprint density at radius 3 is 2.73 bits per heavy atom. The molecule has 0 unspecified atom stereocenters. The van der Waals surface area contributed by atoms with Crippen LogP contribution in [0, 0.1) is 18.3 Å². The summed E-state index contributed by atoms with van der Waals surface area (Å²) in [6.45, 7) is 2.18. The van der Waals surface area contributed by atoms with Gasteiger partial charge in [-0.05, 0) is 48.9 Å². The van der Waals surface area contributed by atoms with Crippen LogP contribution < -0.4 is 10.6 Å². The summed E-state index contributed by atoms with van der Waals surface area (Å²) in [6, 6.07) is 14.3. The lowest BCUT2D eigenvalue weighted by atomic mass is 10.2. The van der Waals surface area contributed by atoms with Gasteiger partial charge in [0, 0.05) is 30.3 Å². The Morgan fingerprint density at radius 2 is 1.96 bits per heavy atom. The summed E-state index contributed by atoms with van der Waals surface area (Å²) in [4.78, 5) is 24.9. The highest BCUT2D eigenvalue weighted by molar-refractivity contribution is 5.92. The van der Waals surface area contributed by atoms with Gasteiger partial charge in [-0.3, -0.25) is 9.78 Å². The van der Waals surface area contributed by atoms with Crippen LogP contribution >= 0.6 is 0 Å². The summed E-state index contributed by atoms with van der Waals surface area (Å²) >= 11 is 0. The van der Waals surface area contributed by atoms with Crippen molar-refractivity contribution in [1.82, 2.24) is 20.3 Å². The molecule has 0 bridgehead atoms.